The molecule has 5 rings (SSSR count). The number of rotatable bonds is 10. The quantitative estimate of drug-likeness (QED) is 0.206. The SMILES string of the molecule is COc1cc(CN2CCCCC2)cc(C(F)(F)F)c1-c1cccc2c(C[C@H](NC(=O)C3(C(F)(F)F)CCN(CC(F)(F)F)CC3)C(=O)O)cccc12. The Balaban J connectivity index is 1.48. The number of nitrogens with one attached hydrogen (secondary N) is 1. The van der Waals surface area contributed by atoms with E-state index in [1.807, 2.05) is 5.32 Å². The summed E-state index contributed by atoms with van der Waals surface area (Å²) in [6.07, 6.45) is -14.3. The van der Waals surface area contributed by atoms with Crippen LogP contribution in [0.1, 0.15) is 48.8 Å². The zero-order valence-corrected chi connectivity index (χ0v) is 28.1. The van der Waals surface area contributed by atoms with Crippen molar-refractivity contribution in [2.75, 3.05) is 39.8 Å². The first-order valence-corrected chi connectivity index (χ1v) is 16.7. The molecule has 0 spiro atoms. The number of carbonyl (C=O) groups is 2. The van der Waals surface area contributed by atoms with Crippen molar-refractivity contribution in [2.24, 2.45) is 5.41 Å². The molecule has 1 atom stereocenters. The van der Waals surface area contributed by atoms with Crippen molar-refractivity contribution in [1.29, 1.82) is 0 Å². The summed E-state index contributed by atoms with van der Waals surface area (Å²) in [5.74, 6) is -3.39. The highest BCUT2D eigenvalue weighted by Crippen LogP contribution is 2.48. The molecule has 3 aromatic carbocycles. The van der Waals surface area contributed by atoms with Gasteiger partial charge in [-0.2, -0.15) is 39.5 Å². The van der Waals surface area contributed by atoms with Gasteiger partial charge in [-0.1, -0.05) is 42.8 Å². The van der Waals surface area contributed by atoms with Crippen LogP contribution in [0.15, 0.2) is 48.5 Å². The van der Waals surface area contributed by atoms with Gasteiger partial charge in [0.1, 0.15) is 17.2 Å². The first-order chi connectivity index (χ1) is 24.3. The maximum atomic E-state index is 14.7. The average Bonchev–Trinajstić information content (AvgIpc) is 3.06. The second-order valence-corrected chi connectivity index (χ2v) is 13.4. The molecule has 0 aliphatic carbocycles. The second-order valence-electron chi connectivity index (χ2n) is 13.4. The number of benzene rings is 3. The normalized spacial score (nSPS) is 18.3. The van der Waals surface area contributed by atoms with Crippen LogP contribution in [0, 0.1) is 5.41 Å². The number of carboxylic acid groups (broad SMARTS) is 1. The summed E-state index contributed by atoms with van der Waals surface area (Å²) < 4.78 is 131. The molecule has 2 aliphatic rings. The molecule has 52 heavy (non-hydrogen) atoms. The Labute approximate surface area is 293 Å². The first-order valence-electron chi connectivity index (χ1n) is 16.7. The number of alkyl halides is 9. The minimum atomic E-state index is -5.20. The third-order valence-electron chi connectivity index (χ3n) is 9.94. The number of aliphatic carboxylic acids is 1. The first kappa shape index (κ1) is 39.2. The summed E-state index contributed by atoms with van der Waals surface area (Å²) in [5, 5.41) is 12.5. The van der Waals surface area contributed by atoms with Gasteiger partial charge in [0, 0.05) is 18.5 Å². The molecule has 2 fully saturated rings. The fourth-order valence-corrected chi connectivity index (χ4v) is 7.27. The Bertz CT molecular complexity index is 1760. The largest absolute Gasteiger partial charge is 0.496 e. The van der Waals surface area contributed by atoms with Crippen LogP contribution in [0.3, 0.4) is 0 Å². The van der Waals surface area contributed by atoms with E-state index in [4.69, 9.17) is 4.74 Å². The summed E-state index contributed by atoms with van der Waals surface area (Å²) >= 11 is 0. The van der Waals surface area contributed by atoms with Gasteiger partial charge in [-0.3, -0.25) is 14.6 Å². The van der Waals surface area contributed by atoms with E-state index < -0.39 is 86.3 Å². The van der Waals surface area contributed by atoms with Crippen molar-refractivity contribution in [3.63, 3.8) is 0 Å². The molecule has 0 unspecified atom stereocenters. The molecule has 2 saturated heterocycles. The predicted octanol–water partition coefficient (Wildman–Crippen LogP) is 7.84. The average molecular weight is 748 g/mol. The number of methoxy groups -OCH3 is 1. The topological polar surface area (TPSA) is 82.1 Å². The standard InChI is InChI=1S/C36H38F9N3O4/c1-52-29-18-22(20-47-13-3-2-4-14-47)17-27(35(40,41)42)30(29)26-10-6-8-24-23(7-5-9-25(24)26)19-28(31(49)50)46-32(51)33(36(43,44)45)11-15-48(16-12-33)21-34(37,38)39/h5-10,17-18,28H,2-4,11-16,19-21H2,1H3,(H,46,51)(H,49,50)/t28-/m0/s1. The summed E-state index contributed by atoms with van der Waals surface area (Å²) in [6, 6.07) is 9.61. The van der Waals surface area contributed by atoms with Gasteiger partial charge >= 0.3 is 24.5 Å². The second kappa shape index (κ2) is 15.1. The number of hydrogen-bond donors (Lipinski definition) is 2. The Morgan fingerprint density at radius 1 is 0.865 bits per heavy atom. The molecular formula is C36H38F9N3O4. The number of fused-ring (bicyclic) bond motifs is 1. The fraction of sp³-hybridized carbons (Fsp3) is 0.500. The van der Waals surface area contributed by atoms with Gasteiger partial charge in [0.15, 0.2) is 0 Å². The van der Waals surface area contributed by atoms with Crippen LogP contribution in [0.2, 0.25) is 0 Å². The van der Waals surface area contributed by atoms with Crippen molar-refractivity contribution in [3.05, 3.63) is 65.2 Å². The van der Waals surface area contributed by atoms with Crippen molar-refractivity contribution >= 4 is 22.6 Å². The van der Waals surface area contributed by atoms with Gasteiger partial charge in [0.2, 0.25) is 5.91 Å². The minimum Gasteiger partial charge on any atom is -0.496 e. The van der Waals surface area contributed by atoms with Crippen molar-refractivity contribution < 1.29 is 58.9 Å². The Hall–Kier alpha value is -4.05. The van der Waals surface area contributed by atoms with Crippen LogP contribution in [-0.2, 0) is 28.7 Å². The highest BCUT2D eigenvalue weighted by molar-refractivity contribution is 6.01. The van der Waals surface area contributed by atoms with Gasteiger partial charge < -0.3 is 15.2 Å². The lowest BCUT2D eigenvalue weighted by Gasteiger charge is -2.42. The highest BCUT2D eigenvalue weighted by Gasteiger charge is 2.61. The summed E-state index contributed by atoms with van der Waals surface area (Å²) in [4.78, 5) is 28.4. The number of likely N-dealkylation sites (tertiary alicyclic amines) is 2. The molecule has 284 valence electrons. The van der Waals surface area contributed by atoms with E-state index in [1.54, 1.807) is 6.07 Å². The fourth-order valence-electron chi connectivity index (χ4n) is 7.27. The summed E-state index contributed by atoms with van der Waals surface area (Å²) in [7, 11) is 1.26. The molecule has 2 heterocycles. The lowest BCUT2D eigenvalue weighted by molar-refractivity contribution is -0.236. The molecule has 2 N–H and O–H groups in total. The van der Waals surface area contributed by atoms with E-state index in [0.717, 1.165) is 43.3 Å². The van der Waals surface area contributed by atoms with Gasteiger partial charge in [-0.05, 0) is 91.5 Å². The third kappa shape index (κ3) is 8.59. The van der Waals surface area contributed by atoms with E-state index in [1.165, 1.54) is 43.5 Å². The molecular weight excluding hydrogens is 709 g/mol. The van der Waals surface area contributed by atoms with Gasteiger partial charge in [-0.15, -0.1) is 0 Å². The number of halogens is 9. The maximum absolute atomic E-state index is 14.7. The van der Waals surface area contributed by atoms with Crippen LogP contribution >= 0.6 is 0 Å². The van der Waals surface area contributed by atoms with Crippen LogP contribution in [0.4, 0.5) is 39.5 Å². The number of ether oxygens (including phenoxy) is 1. The smallest absolute Gasteiger partial charge is 0.417 e. The van der Waals surface area contributed by atoms with E-state index in [2.05, 4.69) is 4.90 Å². The van der Waals surface area contributed by atoms with E-state index >= 15 is 0 Å². The number of carboxylic acids is 1. The Kier molecular flexibility index (Phi) is 11.4. The van der Waals surface area contributed by atoms with Crippen LogP contribution < -0.4 is 10.1 Å². The molecule has 3 aromatic rings. The number of amides is 1. The third-order valence-corrected chi connectivity index (χ3v) is 9.94. The lowest BCUT2D eigenvalue weighted by atomic mass is 9.76. The molecule has 0 saturated carbocycles. The van der Waals surface area contributed by atoms with Gasteiger partial charge in [-0.25, -0.2) is 4.79 Å². The number of carbonyl (C=O) groups excluding carboxylic acids is 1. The molecule has 0 radical (unpaired) electrons. The van der Waals surface area contributed by atoms with Crippen molar-refractivity contribution in [3.8, 4) is 16.9 Å². The highest BCUT2D eigenvalue weighted by atomic mass is 19.4. The molecule has 2 aliphatic heterocycles. The van der Waals surface area contributed by atoms with Crippen molar-refractivity contribution in [2.45, 2.75) is 69.6 Å². The van der Waals surface area contributed by atoms with E-state index in [9.17, 15) is 54.2 Å². The van der Waals surface area contributed by atoms with Gasteiger partial charge in [0.25, 0.3) is 0 Å². The molecule has 1 amide bonds. The minimum absolute atomic E-state index is 0.0332. The number of piperidine rings is 2. The summed E-state index contributed by atoms with van der Waals surface area (Å²) in [6.45, 7) is -1.04. The molecule has 16 heteroatoms. The molecule has 7 nitrogen and oxygen atoms in total. The predicted molar refractivity (Wildman–Crippen MR) is 174 cm³/mol. The molecule has 0 aromatic heterocycles. The zero-order chi connectivity index (χ0) is 38.1. The molecule has 0 bridgehead atoms. The van der Waals surface area contributed by atoms with Crippen LogP contribution in [-0.4, -0.2) is 85.0 Å². The van der Waals surface area contributed by atoms with E-state index in [-0.39, 0.29) is 27.8 Å². The Morgan fingerprint density at radius 3 is 2.08 bits per heavy atom. The summed E-state index contributed by atoms with van der Waals surface area (Å²) in [5.41, 5.74) is -3.57. The van der Waals surface area contributed by atoms with Gasteiger partial charge in [0.05, 0.1) is 19.2 Å². The number of nitrogens with zero attached hydrogens (tertiary/aromatic N) is 2. The zero-order valence-electron chi connectivity index (χ0n) is 28.1. The maximum Gasteiger partial charge on any atom is 0.417 e. The Morgan fingerprint density at radius 2 is 1.50 bits per heavy atom. The monoisotopic (exact) mass is 747 g/mol. The van der Waals surface area contributed by atoms with E-state index in [0.29, 0.717) is 17.5 Å². The van der Waals surface area contributed by atoms with Crippen LogP contribution in [0.25, 0.3) is 21.9 Å². The number of hydrogen-bond acceptors (Lipinski definition) is 5. The van der Waals surface area contributed by atoms with Crippen molar-refractivity contribution in [1.82, 2.24) is 15.1 Å². The lowest BCUT2D eigenvalue weighted by Crippen LogP contribution is -2.59. The van der Waals surface area contributed by atoms with Crippen LogP contribution in [0.5, 0.6) is 5.75 Å².